The Kier molecular flexibility index (Phi) is 8.41. The summed E-state index contributed by atoms with van der Waals surface area (Å²) in [5.74, 6) is 1.93. The molecular weight excluding hydrogens is 402 g/mol. The number of methoxy groups -OCH3 is 1. The Labute approximate surface area is 191 Å². The summed E-state index contributed by atoms with van der Waals surface area (Å²) in [6.45, 7) is 13.6. The smallest absolute Gasteiger partial charge is 0.205 e. The van der Waals surface area contributed by atoms with Crippen LogP contribution in [0.2, 0.25) is 0 Å². The maximum absolute atomic E-state index is 10.3. The molecule has 0 aliphatic rings. The van der Waals surface area contributed by atoms with Crippen LogP contribution in [0.3, 0.4) is 0 Å². The van der Waals surface area contributed by atoms with Crippen molar-refractivity contribution in [1.29, 1.82) is 0 Å². The molecule has 0 aliphatic heterocycles. The summed E-state index contributed by atoms with van der Waals surface area (Å²) in [6.07, 6.45) is 8.03. The molecule has 2 rings (SSSR count). The van der Waals surface area contributed by atoms with Gasteiger partial charge in [-0.1, -0.05) is 19.1 Å². The largest absolute Gasteiger partial charge is 0.510 e. The van der Waals surface area contributed by atoms with E-state index in [-0.39, 0.29) is 17.3 Å². The average molecular weight is 438 g/mol. The van der Waals surface area contributed by atoms with Gasteiger partial charge in [0, 0.05) is 24.3 Å². The van der Waals surface area contributed by atoms with Crippen LogP contribution in [0.1, 0.15) is 39.9 Å². The number of fused-ring (bicyclic) bond motifs is 1. The van der Waals surface area contributed by atoms with Crippen molar-refractivity contribution in [3.8, 4) is 0 Å². The molecule has 1 aromatic heterocycles. The van der Waals surface area contributed by atoms with Gasteiger partial charge in [-0.05, 0) is 65.0 Å². The lowest BCUT2D eigenvalue weighted by atomic mass is 9.97. The molecule has 0 bridgehead atoms. The van der Waals surface area contributed by atoms with Gasteiger partial charge in [0.25, 0.3) is 0 Å². The Morgan fingerprint density at radius 2 is 2.12 bits per heavy atom. The lowest BCUT2D eigenvalue weighted by Crippen LogP contribution is -2.45. The minimum Gasteiger partial charge on any atom is -0.510 e. The number of nitrogens with one attached hydrogen (secondary N) is 1. The summed E-state index contributed by atoms with van der Waals surface area (Å²) in [7, 11) is 3.59. The number of allylic oxidation sites excluding steroid dienone is 3. The van der Waals surface area contributed by atoms with Gasteiger partial charge in [0.05, 0.1) is 24.2 Å². The van der Waals surface area contributed by atoms with Gasteiger partial charge in [-0.2, -0.15) is 0 Å². The number of nitrogens with zero attached hydrogens (tertiary/aromatic N) is 4. The van der Waals surface area contributed by atoms with Crippen molar-refractivity contribution < 1.29 is 9.84 Å². The fourth-order valence-electron chi connectivity index (χ4n) is 3.14. The molecule has 0 aliphatic carbocycles. The zero-order valence-corrected chi connectivity index (χ0v) is 20.2. The normalized spacial score (nSPS) is 15.2. The van der Waals surface area contributed by atoms with E-state index in [9.17, 15) is 5.11 Å². The number of aliphatic imine (C=N–C) groups is 1. The van der Waals surface area contributed by atoms with Crippen LogP contribution in [-0.4, -0.2) is 47.0 Å². The van der Waals surface area contributed by atoms with E-state index in [1.54, 1.807) is 19.3 Å². The van der Waals surface area contributed by atoms with E-state index in [1.807, 2.05) is 52.2 Å². The Morgan fingerprint density at radius 3 is 2.75 bits per heavy atom. The van der Waals surface area contributed by atoms with Crippen LogP contribution in [0.25, 0.3) is 10.9 Å². The third kappa shape index (κ3) is 5.87. The van der Waals surface area contributed by atoms with Gasteiger partial charge in [0.1, 0.15) is 17.4 Å². The number of aromatic nitrogens is 2. The predicted molar refractivity (Wildman–Crippen MR) is 135 cm³/mol. The van der Waals surface area contributed by atoms with E-state index in [0.717, 1.165) is 23.0 Å². The number of aliphatic hydroxyl groups excluding tert-OH is 1. The number of aryl methyl sites for hydroxylation is 1. The molecule has 172 valence electrons. The maximum atomic E-state index is 10.3. The summed E-state index contributed by atoms with van der Waals surface area (Å²) in [5.41, 5.74) is 1.48. The van der Waals surface area contributed by atoms with Gasteiger partial charge >= 0.3 is 0 Å². The van der Waals surface area contributed by atoms with E-state index >= 15 is 0 Å². The molecule has 2 atom stereocenters. The highest BCUT2D eigenvalue weighted by molar-refractivity contribution is 5.92. The fraction of sp³-hybridized carbons (Fsp3) is 0.400. The third-order valence-corrected chi connectivity index (χ3v) is 5.64. The van der Waals surface area contributed by atoms with Crippen molar-refractivity contribution in [1.82, 2.24) is 9.97 Å². The van der Waals surface area contributed by atoms with Crippen LogP contribution in [0.4, 0.5) is 11.5 Å². The first-order valence-corrected chi connectivity index (χ1v) is 10.7. The molecule has 0 radical (unpaired) electrons. The standard InChI is InChI=1S/C25H35N5O2/c1-9-11-12-23(31)17(3)27-24-21-15-20(13-14-22(21)28-18(4)29-24)30(7)25(6,10-2)16-26-19(5)32-8/h9,11-17,31H,5,10H2,1-4,6-8H3,(H,27,28,29)/b11-9-,23-12-,26-16-/t17-,25?/m1/s1. The minimum absolute atomic E-state index is 0.230. The highest BCUT2D eigenvalue weighted by Crippen LogP contribution is 2.30. The van der Waals surface area contributed by atoms with Crippen LogP contribution in [0.5, 0.6) is 0 Å². The van der Waals surface area contributed by atoms with E-state index in [2.05, 4.69) is 51.7 Å². The van der Waals surface area contributed by atoms with E-state index in [0.29, 0.717) is 17.5 Å². The third-order valence-electron chi connectivity index (χ3n) is 5.64. The Morgan fingerprint density at radius 1 is 1.41 bits per heavy atom. The first-order chi connectivity index (χ1) is 15.1. The van der Waals surface area contributed by atoms with Crippen LogP contribution in [0.15, 0.2) is 59.6 Å². The van der Waals surface area contributed by atoms with Crippen molar-refractivity contribution in [3.05, 3.63) is 60.5 Å². The molecule has 1 aromatic carbocycles. The zero-order valence-electron chi connectivity index (χ0n) is 20.2. The Bertz CT molecular complexity index is 1040. The monoisotopic (exact) mass is 437 g/mol. The topological polar surface area (TPSA) is 82.9 Å². The van der Waals surface area contributed by atoms with Gasteiger partial charge < -0.3 is 20.1 Å². The quantitative estimate of drug-likeness (QED) is 0.288. The Hall–Kier alpha value is -3.35. The number of aliphatic hydroxyl groups is 1. The number of benzene rings is 1. The molecule has 0 amide bonds. The number of rotatable bonds is 10. The molecule has 0 spiro atoms. The van der Waals surface area contributed by atoms with Crippen molar-refractivity contribution >= 4 is 28.6 Å². The average Bonchev–Trinajstić information content (AvgIpc) is 2.79. The molecule has 32 heavy (non-hydrogen) atoms. The van der Waals surface area contributed by atoms with Crippen LogP contribution < -0.4 is 10.2 Å². The second-order valence-corrected chi connectivity index (χ2v) is 7.93. The van der Waals surface area contributed by atoms with Crippen molar-refractivity contribution in [2.24, 2.45) is 4.99 Å². The summed E-state index contributed by atoms with van der Waals surface area (Å²) in [5, 5.41) is 14.5. The molecule has 1 heterocycles. The molecule has 2 aromatic rings. The molecule has 7 heteroatoms. The molecule has 1 unspecified atom stereocenters. The van der Waals surface area contributed by atoms with Gasteiger partial charge in [-0.15, -0.1) is 0 Å². The molecule has 0 saturated carbocycles. The SMILES string of the molecule is C=C(/N=C\C(C)(CC)N(C)c1ccc2nc(C)nc(N[C@H](C)/C(O)=C/C=C\C)c2c1)OC. The van der Waals surface area contributed by atoms with Gasteiger partial charge in [-0.3, -0.25) is 0 Å². The van der Waals surface area contributed by atoms with Crippen LogP contribution >= 0.6 is 0 Å². The molecule has 0 fully saturated rings. The highest BCUT2D eigenvalue weighted by atomic mass is 16.5. The lowest BCUT2D eigenvalue weighted by Gasteiger charge is -2.37. The summed E-state index contributed by atoms with van der Waals surface area (Å²) < 4.78 is 5.08. The fourth-order valence-corrected chi connectivity index (χ4v) is 3.14. The number of hydrogen-bond acceptors (Lipinski definition) is 7. The first kappa shape index (κ1) is 24.9. The van der Waals surface area contributed by atoms with Gasteiger partial charge in [0.2, 0.25) is 5.88 Å². The summed E-state index contributed by atoms with van der Waals surface area (Å²) >= 11 is 0. The van der Waals surface area contributed by atoms with Crippen LogP contribution in [0, 0.1) is 6.92 Å². The van der Waals surface area contributed by atoms with Gasteiger partial charge in [0.15, 0.2) is 0 Å². The zero-order chi connectivity index (χ0) is 23.9. The second-order valence-electron chi connectivity index (χ2n) is 7.93. The Balaban J connectivity index is 2.48. The minimum atomic E-state index is -0.352. The maximum Gasteiger partial charge on any atom is 0.205 e. The summed E-state index contributed by atoms with van der Waals surface area (Å²) in [6, 6.07) is 5.78. The number of hydrogen-bond donors (Lipinski definition) is 2. The number of ether oxygens (including phenoxy) is 1. The molecule has 2 N–H and O–H groups in total. The van der Waals surface area contributed by atoms with Crippen molar-refractivity contribution in [2.45, 2.75) is 52.6 Å². The summed E-state index contributed by atoms with van der Waals surface area (Å²) in [4.78, 5) is 15.7. The van der Waals surface area contributed by atoms with E-state index < -0.39 is 0 Å². The highest BCUT2D eigenvalue weighted by Gasteiger charge is 2.26. The van der Waals surface area contributed by atoms with Crippen molar-refractivity contribution in [2.75, 3.05) is 24.4 Å². The van der Waals surface area contributed by atoms with Gasteiger partial charge in [-0.25, -0.2) is 15.0 Å². The van der Waals surface area contributed by atoms with Crippen LogP contribution in [-0.2, 0) is 4.74 Å². The molecule has 0 saturated heterocycles. The predicted octanol–water partition coefficient (Wildman–Crippen LogP) is 5.55. The molecular formula is C25H35N5O2. The van der Waals surface area contributed by atoms with Crippen molar-refractivity contribution in [3.63, 3.8) is 0 Å². The lowest BCUT2D eigenvalue weighted by molar-refractivity contribution is 0.290. The van der Waals surface area contributed by atoms with E-state index in [4.69, 9.17) is 4.74 Å². The second kappa shape index (κ2) is 10.8. The number of anilines is 2. The van der Waals surface area contributed by atoms with E-state index in [1.165, 1.54) is 0 Å². The molecule has 7 nitrogen and oxygen atoms in total. The first-order valence-electron chi connectivity index (χ1n) is 10.7.